The maximum absolute atomic E-state index is 13.1. The van der Waals surface area contributed by atoms with Crippen molar-refractivity contribution in [3.05, 3.63) is 56.1 Å². The van der Waals surface area contributed by atoms with Crippen LogP contribution in [0.4, 0.5) is 24.0 Å². The molecule has 1 atom stereocenters. The third kappa shape index (κ3) is 4.26. The highest BCUT2D eigenvalue weighted by Gasteiger charge is 2.35. The molecule has 0 amide bonds. The fraction of sp³-hybridized carbons (Fsp3) is 0.333. The minimum atomic E-state index is -4.83. The standard InChI is InChI=1S/C18H14F3N5O4S/c1-9-2-4-22-16(23-9)30-11-3-5-25(8-11)17-24-15(27)12-6-10(18(19,20)21)7-13(26(28)29)14(12)31-17/h2,4,6-7,11H,3,5,8H2,1H3/t11-/m0/s1. The van der Waals surface area contributed by atoms with Crippen LogP contribution in [0, 0.1) is 17.0 Å². The second-order valence-electron chi connectivity index (χ2n) is 6.88. The molecule has 9 nitrogen and oxygen atoms in total. The summed E-state index contributed by atoms with van der Waals surface area (Å²) in [5.74, 6) is 0. The lowest BCUT2D eigenvalue weighted by Gasteiger charge is -2.17. The largest absolute Gasteiger partial charge is 0.458 e. The van der Waals surface area contributed by atoms with Gasteiger partial charge in [0.15, 0.2) is 5.13 Å². The van der Waals surface area contributed by atoms with E-state index in [1.54, 1.807) is 24.1 Å². The van der Waals surface area contributed by atoms with E-state index in [4.69, 9.17) is 4.74 Å². The predicted octanol–water partition coefficient (Wildman–Crippen LogP) is 3.34. The lowest BCUT2D eigenvalue weighted by molar-refractivity contribution is -0.383. The van der Waals surface area contributed by atoms with Gasteiger partial charge < -0.3 is 9.64 Å². The van der Waals surface area contributed by atoms with Gasteiger partial charge in [0.25, 0.3) is 11.2 Å². The second-order valence-corrected chi connectivity index (χ2v) is 7.86. The highest BCUT2D eigenvalue weighted by molar-refractivity contribution is 7.22. The molecule has 4 rings (SSSR count). The number of nitro benzene ring substituents is 1. The number of hydrogen-bond donors (Lipinski definition) is 0. The topological polar surface area (TPSA) is 111 Å². The van der Waals surface area contributed by atoms with Crippen molar-refractivity contribution in [2.24, 2.45) is 0 Å². The summed E-state index contributed by atoms with van der Waals surface area (Å²) in [5, 5.41) is 11.1. The lowest BCUT2D eigenvalue weighted by Crippen LogP contribution is -2.26. The number of anilines is 1. The molecule has 1 aromatic carbocycles. The molecule has 0 spiro atoms. The van der Waals surface area contributed by atoms with E-state index in [2.05, 4.69) is 15.0 Å². The van der Waals surface area contributed by atoms with E-state index in [1.807, 2.05) is 0 Å². The first-order chi connectivity index (χ1) is 14.6. The molecule has 2 aromatic heterocycles. The summed E-state index contributed by atoms with van der Waals surface area (Å²) in [4.78, 5) is 36.7. The van der Waals surface area contributed by atoms with Gasteiger partial charge in [-0.15, -0.1) is 0 Å². The molecule has 1 aliphatic rings. The number of hydrogen-bond acceptors (Lipinski definition) is 9. The van der Waals surface area contributed by atoms with Crippen LogP contribution in [0.5, 0.6) is 6.01 Å². The van der Waals surface area contributed by atoms with Crippen LogP contribution in [0.25, 0.3) is 10.1 Å². The maximum atomic E-state index is 13.1. The Kier molecular flexibility index (Phi) is 5.21. The van der Waals surface area contributed by atoms with Crippen LogP contribution in [0.15, 0.2) is 29.2 Å². The second kappa shape index (κ2) is 7.72. The average molecular weight is 453 g/mol. The first kappa shape index (κ1) is 20.9. The van der Waals surface area contributed by atoms with Crippen LogP contribution in [-0.2, 0) is 6.18 Å². The van der Waals surface area contributed by atoms with Crippen LogP contribution in [-0.4, -0.2) is 39.1 Å². The number of halogens is 3. The van der Waals surface area contributed by atoms with Gasteiger partial charge in [0.1, 0.15) is 10.8 Å². The average Bonchev–Trinajstić information content (AvgIpc) is 3.15. The van der Waals surface area contributed by atoms with E-state index in [1.165, 1.54) is 0 Å². The molecule has 0 unspecified atom stereocenters. The third-order valence-corrected chi connectivity index (χ3v) is 5.84. The summed E-state index contributed by atoms with van der Waals surface area (Å²) in [6.07, 6.45) is -3.00. The van der Waals surface area contributed by atoms with Crippen molar-refractivity contribution < 1.29 is 22.8 Å². The van der Waals surface area contributed by atoms with Crippen molar-refractivity contribution in [2.75, 3.05) is 18.0 Å². The Bertz CT molecular complexity index is 1230. The van der Waals surface area contributed by atoms with Crippen molar-refractivity contribution in [1.29, 1.82) is 0 Å². The molecule has 1 fully saturated rings. The zero-order valence-corrected chi connectivity index (χ0v) is 16.7. The summed E-state index contributed by atoms with van der Waals surface area (Å²) in [7, 11) is 0. The van der Waals surface area contributed by atoms with Gasteiger partial charge in [-0.25, -0.2) is 9.97 Å². The van der Waals surface area contributed by atoms with Gasteiger partial charge in [0.2, 0.25) is 0 Å². The van der Waals surface area contributed by atoms with Crippen LogP contribution in [0.1, 0.15) is 17.7 Å². The number of rotatable bonds is 4. The Balaban J connectivity index is 1.67. The maximum Gasteiger partial charge on any atom is 0.416 e. The number of nitro groups is 1. The summed E-state index contributed by atoms with van der Waals surface area (Å²) < 4.78 is 44.9. The number of non-ortho nitro benzene ring substituents is 1. The first-order valence-electron chi connectivity index (χ1n) is 9.03. The fourth-order valence-electron chi connectivity index (χ4n) is 3.21. The molecule has 13 heteroatoms. The highest BCUT2D eigenvalue weighted by atomic mass is 32.1. The van der Waals surface area contributed by atoms with Gasteiger partial charge in [-0.2, -0.15) is 18.2 Å². The Morgan fingerprint density at radius 3 is 2.77 bits per heavy atom. The van der Waals surface area contributed by atoms with Crippen LogP contribution in [0.2, 0.25) is 0 Å². The summed E-state index contributed by atoms with van der Waals surface area (Å²) in [6.45, 7) is 2.56. The number of benzene rings is 1. The normalized spacial score (nSPS) is 16.6. The Morgan fingerprint density at radius 2 is 2.10 bits per heavy atom. The Morgan fingerprint density at radius 1 is 1.32 bits per heavy atom. The van der Waals surface area contributed by atoms with Crippen LogP contribution in [0.3, 0.4) is 0 Å². The molecule has 3 heterocycles. The number of ether oxygens (including phenoxy) is 1. The minimum absolute atomic E-state index is 0.153. The molecule has 31 heavy (non-hydrogen) atoms. The SMILES string of the molecule is Cc1ccnc(O[C@H]2CCN(c3nc(=O)c4cc(C(F)(F)F)cc([N+](=O)[O-])c4s3)C2)n1. The number of aromatic nitrogens is 3. The Hall–Kier alpha value is -3.35. The van der Waals surface area contributed by atoms with Crippen molar-refractivity contribution in [2.45, 2.75) is 25.6 Å². The van der Waals surface area contributed by atoms with Crippen molar-refractivity contribution in [3.8, 4) is 6.01 Å². The van der Waals surface area contributed by atoms with Crippen molar-refractivity contribution in [3.63, 3.8) is 0 Å². The van der Waals surface area contributed by atoms with E-state index in [9.17, 15) is 28.1 Å². The number of aryl methyl sites for hydroxylation is 1. The van der Waals surface area contributed by atoms with Gasteiger partial charge in [0.05, 0.1) is 22.4 Å². The first-order valence-corrected chi connectivity index (χ1v) is 9.85. The molecular formula is C18H14F3N5O4S. The molecule has 1 saturated heterocycles. The van der Waals surface area contributed by atoms with E-state index >= 15 is 0 Å². The molecule has 3 aromatic rings. The van der Waals surface area contributed by atoms with Crippen LogP contribution < -0.4 is 15.2 Å². The fourth-order valence-corrected chi connectivity index (χ4v) is 4.31. The molecule has 0 bridgehead atoms. The van der Waals surface area contributed by atoms with Crippen molar-refractivity contribution >= 4 is 32.2 Å². The zero-order chi connectivity index (χ0) is 22.3. The molecule has 1 aliphatic heterocycles. The quantitative estimate of drug-likeness (QED) is 0.437. The molecular weight excluding hydrogens is 439 g/mol. The minimum Gasteiger partial charge on any atom is -0.458 e. The van der Waals surface area contributed by atoms with Gasteiger partial charge >= 0.3 is 12.2 Å². The molecule has 0 radical (unpaired) electrons. The zero-order valence-electron chi connectivity index (χ0n) is 15.9. The molecule has 0 aliphatic carbocycles. The summed E-state index contributed by atoms with van der Waals surface area (Å²) in [6, 6.07) is 2.97. The highest BCUT2D eigenvalue weighted by Crippen LogP contribution is 2.38. The molecule has 0 N–H and O–H groups in total. The lowest BCUT2D eigenvalue weighted by atomic mass is 10.1. The van der Waals surface area contributed by atoms with Gasteiger partial charge in [-0.1, -0.05) is 11.3 Å². The smallest absolute Gasteiger partial charge is 0.416 e. The monoisotopic (exact) mass is 453 g/mol. The van der Waals surface area contributed by atoms with Crippen molar-refractivity contribution in [1.82, 2.24) is 15.0 Å². The van der Waals surface area contributed by atoms with Crippen LogP contribution >= 0.6 is 11.3 Å². The van der Waals surface area contributed by atoms with Gasteiger partial charge in [0, 0.05) is 30.9 Å². The number of alkyl halides is 3. The molecule has 0 saturated carbocycles. The van der Waals surface area contributed by atoms with Gasteiger partial charge in [-0.3, -0.25) is 14.9 Å². The Labute approximate surface area is 176 Å². The third-order valence-electron chi connectivity index (χ3n) is 4.67. The van der Waals surface area contributed by atoms with Gasteiger partial charge in [-0.05, 0) is 19.1 Å². The molecule has 162 valence electrons. The number of nitrogens with zero attached hydrogens (tertiary/aromatic N) is 5. The number of fused-ring (bicyclic) bond motifs is 1. The predicted molar refractivity (Wildman–Crippen MR) is 106 cm³/mol. The summed E-state index contributed by atoms with van der Waals surface area (Å²) in [5.41, 5.74) is -2.27. The van der Waals surface area contributed by atoms with E-state index < -0.39 is 33.3 Å². The van der Waals surface area contributed by atoms with E-state index in [-0.39, 0.29) is 21.9 Å². The van der Waals surface area contributed by atoms with E-state index in [0.717, 1.165) is 17.0 Å². The summed E-state index contributed by atoms with van der Waals surface area (Å²) >= 11 is 0.802. The van der Waals surface area contributed by atoms with E-state index in [0.29, 0.717) is 31.6 Å².